The number of alkyl halides is 3. The highest BCUT2D eigenvalue weighted by Gasteiger charge is 2.31. The van der Waals surface area contributed by atoms with Crippen LogP contribution in [0, 0.1) is 0 Å². The summed E-state index contributed by atoms with van der Waals surface area (Å²) in [6.07, 6.45) is -2.68. The molecule has 7 heteroatoms. The van der Waals surface area contributed by atoms with E-state index in [0.29, 0.717) is 10.6 Å². The molecule has 1 heterocycles. The fraction of sp³-hybridized carbons (Fsp3) is 0.375. The van der Waals surface area contributed by atoms with Gasteiger partial charge in [0.1, 0.15) is 5.37 Å². The van der Waals surface area contributed by atoms with E-state index < -0.39 is 11.7 Å². The van der Waals surface area contributed by atoms with E-state index in [0.717, 1.165) is 24.4 Å². The number of thioether (sulfide) groups is 1. The van der Waals surface area contributed by atoms with Crippen LogP contribution >= 0.6 is 11.8 Å². The molecule has 0 spiro atoms. The number of nitrogens with zero attached hydrogens (tertiary/aromatic N) is 2. The van der Waals surface area contributed by atoms with E-state index in [4.69, 9.17) is 0 Å². The number of aliphatic imine (C=N–C) groups is 1. The molecule has 1 aliphatic heterocycles. The number of benzene rings is 1. The van der Waals surface area contributed by atoms with E-state index in [2.05, 4.69) is 4.99 Å². The number of carbonyl (C=O) groups is 1. The van der Waals surface area contributed by atoms with Gasteiger partial charge >= 0.3 is 6.18 Å². The Balaban J connectivity index is 2.13. The molecule has 0 saturated heterocycles. The Morgan fingerprint density at radius 1 is 1.35 bits per heavy atom. The van der Waals surface area contributed by atoms with Gasteiger partial charge in [0.15, 0.2) is 5.78 Å². The van der Waals surface area contributed by atoms with Crippen molar-refractivity contribution in [1.29, 1.82) is 0 Å². The molecular formula is C16H17F3N2OS. The Morgan fingerprint density at radius 3 is 2.43 bits per heavy atom. The Bertz CT molecular complexity index is 650. The topological polar surface area (TPSA) is 32.7 Å². The van der Waals surface area contributed by atoms with Gasteiger partial charge in [-0.2, -0.15) is 13.2 Å². The first-order valence-electron chi connectivity index (χ1n) is 7.10. The number of hydrogen-bond donors (Lipinski definition) is 0. The van der Waals surface area contributed by atoms with Gasteiger partial charge in [0.25, 0.3) is 0 Å². The fourth-order valence-corrected chi connectivity index (χ4v) is 3.59. The standard InChI is InChI=1S/C16H17F3N2OS/c1-4-21-10(2)15(11(3)22)23-14(21)9-20-13-7-5-12(6-8-13)16(17,18)19/h5-9,14H,4H2,1-3H3/b20-9+. The highest BCUT2D eigenvalue weighted by Crippen LogP contribution is 2.37. The maximum atomic E-state index is 12.5. The lowest BCUT2D eigenvalue weighted by atomic mass is 10.2. The average Bonchev–Trinajstić information content (AvgIpc) is 2.80. The van der Waals surface area contributed by atoms with E-state index >= 15 is 0 Å². The van der Waals surface area contributed by atoms with Crippen LogP contribution in [0.1, 0.15) is 26.3 Å². The molecule has 3 nitrogen and oxygen atoms in total. The second-order valence-electron chi connectivity index (χ2n) is 5.09. The lowest BCUT2D eigenvalue weighted by Gasteiger charge is -2.22. The lowest BCUT2D eigenvalue weighted by Crippen LogP contribution is -2.28. The van der Waals surface area contributed by atoms with Gasteiger partial charge in [-0.1, -0.05) is 11.8 Å². The van der Waals surface area contributed by atoms with Crippen LogP contribution in [0.2, 0.25) is 0 Å². The van der Waals surface area contributed by atoms with Crippen LogP contribution < -0.4 is 0 Å². The van der Waals surface area contributed by atoms with Crippen LogP contribution in [-0.4, -0.2) is 28.8 Å². The van der Waals surface area contributed by atoms with Crippen molar-refractivity contribution >= 4 is 29.4 Å². The van der Waals surface area contributed by atoms with Gasteiger partial charge in [-0.05, 0) is 45.0 Å². The summed E-state index contributed by atoms with van der Waals surface area (Å²) in [7, 11) is 0. The largest absolute Gasteiger partial charge is 0.416 e. The predicted octanol–water partition coefficient (Wildman–Crippen LogP) is 4.62. The summed E-state index contributed by atoms with van der Waals surface area (Å²) in [5, 5.41) is -0.124. The molecule has 0 bridgehead atoms. The van der Waals surface area contributed by atoms with E-state index in [-0.39, 0.29) is 11.2 Å². The van der Waals surface area contributed by atoms with Crippen LogP contribution in [-0.2, 0) is 11.0 Å². The minimum atomic E-state index is -4.35. The first kappa shape index (κ1) is 17.6. The number of rotatable bonds is 4. The Kier molecular flexibility index (Phi) is 5.19. The molecule has 0 aromatic heterocycles. The average molecular weight is 342 g/mol. The molecule has 1 unspecified atom stereocenters. The third kappa shape index (κ3) is 3.96. The van der Waals surface area contributed by atoms with Crippen LogP contribution in [0.5, 0.6) is 0 Å². The van der Waals surface area contributed by atoms with Crippen molar-refractivity contribution < 1.29 is 18.0 Å². The summed E-state index contributed by atoms with van der Waals surface area (Å²) < 4.78 is 37.6. The molecule has 0 fully saturated rings. The maximum Gasteiger partial charge on any atom is 0.416 e. The van der Waals surface area contributed by atoms with Crippen molar-refractivity contribution in [1.82, 2.24) is 4.90 Å². The van der Waals surface area contributed by atoms with Crippen LogP contribution in [0.25, 0.3) is 0 Å². The molecule has 124 valence electrons. The zero-order valence-electron chi connectivity index (χ0n) is 13.0. The number of Topliss-reactive ketones (excluding diaryl/α,β-unsaturated/α-hetero) is 1. The van der Waals surface area contributed by atoms with Gasteiger partial charge < -0.3 is 4.90 Å². The van der Waals surface area contributed by atoms with Gasteiger partial charge in [-0.15, -0.1) is 0 Å². The Hall–Kier alpha value is -1.76. The molecule has 0 amide bonds. The molecule has 1 atom stereocenters. The first-order chi connectivity index (χ1) is 10.7. The van der Waals surface area contributed by atoms with Crippen molar-refractivity contribution in [2.24, 2.45) is 4.99 Å². The molecule has 1 aromatic carbocycles. The zero-order valence-corrected chi connectivity index (χ0v) is 13.8. The van der Waals surface area contributed by atoms with E-state index in [1.807, 2.05) is 18.7 Å². The summed E-state index contributed by atoms with van der Waals surface area (Å²) >= 11 is 1.41. The second-order valence-corrected chi connectivity index (χ2v) is 6.21. The normalized spacial score (nSPS) is 19.0. The smallest absolute Gasteiger partial charge is 0.357 e. The molecule has 1 aliphatic rings. The van der Waals surface area contributed by atoms with Crippen LogP contribution in [0.15, 0.2) is 39.9 Å². The van der Waals surface area contributed by atoms with Crippen LogP contribution in [0.4, 0.5) is 18.9 Å². The highest BCUT2D eigenvalue weighted by molar-refractivity contribution is 8.05. The van der Waals surface area contributed by atoms with Gasteiger partial charge in [0, 0.05) is 18.5 Å². The number of hydrogen-bond acceptors (Lipinski definition) is 4. The minimum Gasteiger partial charge on any atom is -0.357 e. The van der Waals surface area contributed by atoms with Crippen molar-refractivity contribution in [2.45, 2.75) is 32.3 Å². The quantitative estimate of drug-likeness (QED) is 0.748. The first-order valence-corrected chi connectivity index (χ1v) is 7.98. The SMILES string of the molecule is CCN1C(C)=C(C(C)=O)SC1/C=N/c1ccc(C(F)(F)F)cc1. The number of halogens is 3. The lowest BCUT2D eigenvalue weighted by molar-refractivity contribution is -0.137. The molecule has 1 aromatic rings. The summed E-state index contributed by atoms with van der Waals surface area (Å²) in [5.74, 6) is 0.0105. The van der Waals surface area contributed by atoms with E-state index in [1.54, 1.807) is 6.21 Å². The maximum absolute atomic E-state index is 12.5. The van der Waals surface area contributed by atoms with Crippen molar-refractivity contribution in [3.63, 3.8) is 0 Å². The van der Waals surface area contributed by atoms with E-state index in [9.17, 15) is 18.0 Å². The minimum absolute atomic E-state index is 0.0105. The van der Waals surface area contributed by atoms with Crippen molar-refractivity contribution in [3.8, 4) is 0 Å². The van der Waals surface area contributed by atoms with Gasteiger partial charge in [-0.25, -0.2) is 0 Å². The van der Waals surface area contributed by atoms with Gasteiger partial charge in [0.05, 0.1) is 16.2 Å². The van der Waals surface area contributed by atoms with Crippen molar-refractivity contribution in [3.05, 3.63) is 40.4 Å². The number of carbonyl (C=O) groups excluding carboxylic acids is 1. The Morgan fingerprint density at radius 2 is 1.96 bits per heavy atom. The predicted molar refractivity (Wildman–Crippen MR) is 86.7 cm³/mol. The zero-order chi connectivity index (χ0) is 17.2. The van der Waals surface area contributed by atoms with Gasteiger partial charge in [0.2, 0.25) is 0 Å². The summed E-state index contributed by atoms with van der Waals surface area (Å²) in [4.78, 5) is 18.6. The summed E-state index contributed by atoms with van der Waals surface area (Å²) in [6, 6.07) is 4.69. The molecule has 0 radical (unpaired) electrons. The van der Waals surface area contributed by atoms with Crippen molar-refractivity contribution in [2.75, 3.05) is 6.54 Å². The number of ketones is 1. The Labute approximate surface area is 137 Å². The molecule has 23 heavy (non-hydrogen) atoms. The summed E-state index contributed by atoms with van der Waals surface area (Å²) in [5.41, 5.74) is 0.663. The molecule has 2 rings (SSSR count). The highest BCUT2D eigenvalue weighted by atomic mass is 32.2. The fourth-order valence-electron chi connectivity index (χ4n) is 2.34. The number of allylic oxidation sites excluding steroid dienone is 2. The second kappa shape index (κ2) is 6.78. The molecule has 0 N–H and O–H groups in total. The third-order valence-corrected chi connectivity index (χ3v) is 4.95. The van der Waals surface area contributed by atoms with Gasteiger partial charge in [-0.3, -0.25) is 9.79 Å². The molecule has 0 saturated carbocycles. The molecular weight excluding hydrogens is 325 g/mol. The van der Waals surface area contributed by atoms with E-state index in [1.165, 1.54) is 30.8 Å². The molecule has 0 aliphatic carbocycles. The monoisotopic (exact) mass is 342 g/mol. The summed E-state index contributed by atoms with van der Waals surface area (Å²) in [6.45, 7) is 6.11. The van der Waals surface area contributed by atoms with Crippen LogP contribution in [0.3, 0.4) is 0 Å². The third-order valence-electron chi connectivity index (χ3n) is 3.51.